The lowest BCUT2D eigenvalue weighted by Crippen LogP contribution is -2.58. The van der Waals surface area contributed by atoms with Gasteiger partial charge in [0.2, 0.25) is 17.7 Å². The van der Waals surface area contributed by atoms with Crippen LogP contribution in [0.4, 0.5) is 0 Å². The van der Waals surface area contributed by atoms with Gasteiger partial charge >= 0.3 is 0 Å². The second-order valence-electron chi connectivity index (χ2n) is 14.3. The van der Waals surface area contributed by atoms with Crippen molar-refractivity contribution in [3.8, 4) is 0 Å². The summed E-state index contributed by atoms with van der Waals surface area (Å²) in [6.07, 6.45) is 5.59. The fourth-order valence-corrected chi connectivity index (χ4v) is 7.51. The molecule has 1 aromatic heterocycles. The topological polar surface area (TPSA) is 184 Å². The third kappa shape index (κ3) is 10.8. The molecule has 5 aromatic rings. The number of hydrogen-bond acceptors (Lipinski definition) is 6. The number of hydrogen-bond donors (Lipinski definition) is 6. The molecule has 2 heterocycles. The molecule has 4 atom stereocenters. The molecular formula is C43H51N9O3. The Morgan fingerprint density at radius 2 is 1.60 bits per heavy atom. The summed E-state index contributed by atoms with van der Waals surface area (Å²) in [5, 5.41) is 12.1. The van der Waals surface area contributed by atoms with E-state index in [-0.39, 0.29) is 42.1 Å². The number of nitrogens with two attached hydrogens (primary N) is 2. The van der Waals surface area contributed by atoms with Crippen molar-refractivity contribution in [1.82, 2.24) is 30.8 Å². The van der Waals surface area contributed by atoms with Gasteiger partial charge in [0.1, 0.15) is 6.04 Å². The van der Waals surface area contributed by atoms with Gasteiger partial charge in [-0.25, -0.2) is 4.98 Å². The molecule has 2 unspecified atom stereocenters. The summed E-state index contributed by atoms with van der Waals surface area (Å²) in [5.41, 5.74) is 15.3. The standard InChI is InChI=1S/C43H51N9O3/c1-29(53)49-40(25-35-26-46-28-48-35)41(54)51-39(24-30-18-19-31-11-8-9-16-34(31)23-30)37-20-22-52(42(55)38(50-37)17-10-21-47-43(44)45)27-36(32-12-4-2-5-13-32)33-14-6-3-7-15-33/h2-9,11-16,18-19,23,26,28,36-40,50H,10,17,20-22,24-25,27H2,1H3,(H,46,48)(H,49,53)(H,51,54)(H4,44,45,47)/t37?,38-,39?,40-/m0/s1. The highest BCUT2D eigenvalue weighted by atomic mass is 16.2. The van der Waals surface area contributed by atoms with Crippen LogP contribution in [-0.4, -0.2) is 82.4 Å². The van der Waals surface area contributed by atoms with Crippen LogP contribution in [-0.2, 0) is 27.2 Å². The summed E-state index contributed by atoms with van der Waals surface area (Å²) in [5.74, 6) is -0.668. The van der Waals surface area contributed by atoms with Crippen LogP contribution in [0.15, 0.2) is 121 Å². The van der Waals surface area contributed by atoms with Gasteiger partial charge in [-0.1, -0.05) is 103 Å². The van der Waals surface area contributed by atoms with Gasteiger partial charge in [-0.15, -0.1) is 0 Å². The first-order valence-corrected chi connectivity index (χ1v) is 19.0. The number of aliphatic imine (C=N–C) groups is 1. The van der Waals surface area contributed by atoms with E-state index >= 15 is 0 Å². The Morgan fingerprint density at radius 1 is 0.909 bits per heavy atom. The van der Waals surface area contributed by atoms with Gasteiger partial charge in [-0.2, -0.15) is 0 Å². The third-order valence-corrected chi connectivity index (χ3v) is 10.2. The quantitative estimate of drug-likeness (QED) is 0.0505. The first kappa shape index (κ1) is 38.7. The molecule has 1 aliphatic heterocycles. The van der Waals surface area contributed by atoms with Crippen molar-refractivity contribution in [3.05, 3.63) is 138 Å². The third-order valence-electron chi connectivity index (χ3n) is 10.2. The highest BCUT2D eigenvalue weighted by molar-refractivity contribution is 5.87. The van der Waals surface area contributed by atoms with Gasteiger partial charge in [0, 0.05) is 62.9 Å². The minimum atomic E-state index is -0.839. The van der Waals surface area contributed by atoms with Crippen molar-refractivity contribution in [1.29, 1.82) is 0 Å². The van der Waals surface area contributed by atoms with Crippen LogP contribution in [0, 0.1) is 0 Å². The summed E-state index contributed by atoms with van der Waals surface area (Å²) in [4.78, 5) is 54.4. The number of fused-ring (bicyclic) bond motifs is 1. The number of amides is 3. The van der Waals surface area contributed by atoms with Crippen LogP contribution in [0.1, 0.15) is 54.5 Å². The summed E-state index contributed by atoms with van der Waals surface area (Å²) >= 11 is 0. The average Bonchev–Trinajstić information content (AvgIpc) is 3.65. The van der Waals surface area contributed by atoms with E-state index < -0.39 is 18.1 Å². The van der Waals surface area contributed by atoms with Crippen molar-refractivity contribution in [3.63, 3.8) is 0 Å². The average molecular weight is 742 g/mol. The maximum Gasteiger partial charge on any atom is 0.243 e. The molecule has 1 fully saturated rings. The van der Waals surface area contributed by atoms with Gasteiger partial charge in [-0.3, -0.25) is 19.4 Å². The molecular weight excluding hydrogens is 691 g/mol. The number of aromatic nitrogens is 2. The van der Waals surface area contributed by atoms with Crippen molar-refractivity contribution >= 4 is 34.5 Å². The zero-order chi connectivity index (χ0) is 38.6. The zero-order valence-corrected chi connectivity index (χ0v) is 31.2. The SMILES string of the molecule is CC(=O)N[C@@H](Cc1cnc[nH]1)C(=O)NC(Cc1ccc2ccccc2c1)C1CCN(CC(c2ccccc2)c2ccccc2)C(=O)[C@H](CCCN=C(N)N)N1. The molecule has 6 rings (SSSR count). The largest absolute Gasteiger partial charge is 0.370 e. The second-order valence-corrected chi connectivity index (χ2v) is 14.3. The minimum Gasteiger partial charge on any atom is -0.370 e. The Bertz CT molecular complexity index is 2000. The van der Waals surface area contributed by atoms with Crippen molar-refractivity contribution in [2.75, 3.05) is 19.6 Å². The van der Waals surface area contributed by atoms with Crippen LogP contribution >= 0.6 is 0 Å². The Kier molecular flexibility index (Phi) is 13.3. The first-order chi connectivity index (χ1) is 26.7. The fourth-order valence-electron chi connectivity index (χ4n) is 7.51. The van der Waals surface area contributed by atoms with Crippen molar-refractivity contribution in [2.24, 2.45) is 16.5 Å². The molecule has 55 heavy (non-hydrogen) atoms. The van der Waals surface area contributed by atoms with Crippen LogP contribution in [0.2, 0.25) is 0 Å². The number of rotatable bonds is 16. The van der Waals surface area contributed by atoms with Crippen LogP contribution in [0.5, 0.6) is 0 Å². The molecule has 12 nitrogen and oxygen atoms in total. The molecule has 0 radical (unpaired) electrons. The number of carbonyl (C=O) groups is 3. The molecule has 286 valence electrons. The summed E-state index contributed by atoms with van der Waals surface area (Å²) in [6.45, 7) is 2.75. The Labute approximate surface area is 322 Å². The molecule has 0 aliphatic carbocycles. The predicted molar refractivity (Wildman–Crippen MR) is 216 cm³/mol. The summed E-state index contributed by atoms with van der Waals surface area (Å²) in [6, 6.07) is 32.9. The molecule has 0 spiro atoms. The van der Waals surface area contributed by atoms with Gasteiger partial charge in [0.25, 0.3) is 0 Å². The Balaban J connectivity index is 1.32. The first-order valence-electron chi connectivity index (χ1n) is 19.0. The molecule has 0 bridgehead atoms. The van der Waals surface area contributed by atoms with E-state index in [1.54, 1.807) is 12.5 Å². The van der Waals surface area contributed by atoms with Crippen molar-refractivity contribution < 1.29 is 14.4 Å². The normalized spacial score (nSPS) is 17.0. The van der Waals surface area contributed by atoms with Crippen LogP contribution < -0.4 is 27.4 Å². The number of nitrogens with one attached hydrogen (secondary N) is 4. The molecule has 8 N–H and O–H groups in total. The molecule has 4 aromatic carbocycles. The monoisotopic (exact) mass is 741 g/mol. The number of carbonyl (C=O) groups excluding carboxylic acids is 3. The van der Waals surface area contributed by atoms with E-state index in [9.17, 15) is 14.4 Å². The predicted octanol–water partition coefficient (Wildman–Crippen LogP) is 3.78. The van der Waals surface area contributed by atoms with E-state index in [4.69, 9.17) is 11.5 Å². The molecule has 3 amide bonds. The van der Waals surface area contributed by atoms with Crippen LogP contribution in [0.3, 0.4) is 0 Å². The number of H-pyrrole nitrogens is 1. The highest BCUT2D eigenvalue weighted by Crippen LogP contribution is 2.28. The smallest absolute Gasteiger partial charge is 0.243 e. The number of imidazole rings is 1. The number of guanidine groups is 1. The summed E-state index contributed by atoms with van der Waals surface area (Å²) < 4.78 is 0. The minimum absolute atomic E-state index is 0.00443. The zero-order valence-electron chi connectivity index (χ0n) is 31.2. The lowest BCUT2D eigenvalue weighted by Gasteiger charge is -2.31. The maximum absolute atomic E-state index is 14.6. The Morgan fingerprint density at radius 3 is 2.25 bits per heavy atom. The Hall–Kier alpha value is -6.01. The summed E-state index contributed by atoms with van der Waals surface area (Å²) in [7, 11) is 0. The van der Waals surface area contributed by atoms with Gasteiger partial charge < -0.3 is 37.3 Å². The molecule has 1 saturated heterocycles. The van der Waals surface area contributed by atoms with E-state index in [1.165, 1.54) is 6.92 Å². The van der Waals surface area contributed by atoms with E-state index in [1.807, 2.05) is 53.4 Å². The van der Waals surface area contributed by atoms with E-state index in [2.05, 4.69) is 85.5 Å². The van der Waals surface area contributed by atoms with Crippen molar-refractivity contribution in [2.45, 2.75) is 69.1 Å². The molecule has 12 heteroatoms. The van der Waals surface area contributed by atoms with Gasteiger partial charge in [-0.05, 0) is 53.1 Å². The van der Waals surface area contributed by atoms with Crippen LogP contribution in [0.25, 0.3) is 10.8 Å². The number of nitrogens with zero attached hydrogens (tertiary/aromatic N) is 3. The highest BCUT2D eigenvalue weighted by Gasteiger charge is 2.36. The fraction of sp³-hybridized carbons (Fsp3) is 0.326. The van der Waals surface area contributed by atoms with Gasteiger partial charge in [0.05, 0.1) is 12.4 Å². The maximum atomic E-state index is 14.6. The number of aromatic amines is 1. The lowest BCUT2D eigenvalue weighted by atomic mass is 9.90. The second kappa shape index (κ2) is 18.8. The van der Waals surface area contributed by atoms with E-state index in [0.717, 1.165) is 33.2 Å². The molecule has 0 saturated carbocycles. The lowest BCUT2D eigenvalue weighted by molar-refractivity contribution is -0.133. The molecule has 1 aliphatic rings. The number of benzene rings is 4. The van der Waals surface area contributed by atoms with Gasteiger partial charge in [0.15, 0.2) is 5.96 Å². The van der Waals surface area contributed by atoms with E-state index in [0.29, 0.717) is 45.3 Å².